The first-order chi connectivity index (χ1) is 14.0. The number of amides is 1. The van der Waals surface area contributed by atoms with Gasteiger partial charge in [0.2, 0.25) is 15.9 Å². The molecule has 1 aliphatic heterocycles. The highest BCUT2D eigenvalue weighted by atomic mass is 32.2. The molecule has 6 nitrogen and oxygen atoms in total. The van der Waals surface area contributed by atoms with Crippen molar-refractivity contribution in [2.24, 2.45) is 0 Å². The molecule has 1 heterocycles. The van der Waals surface area contributed by atoms with E-state index in [2.05, 4.69) is 5.32 Å². The van der Waals surface area contributed by atoms with Crippen LogP contribution in [0.1, 0.15) is 31.2 Å². The lowest BCUT2D eigenvalue weighted by molar-refractivity contribution is -0.122. The van der Waals surface area contributed by atoms with Crippen LogP contribution in [0.2, 0.25) is 0 Å². The first-order valence-electron chi connectivity index (χ1n) is 9.98. The minimum atomic E-state index is -3.59. The fraction of sp³-hybridized carbons (Fsp3) is 0.409. The molecule has 1 fully saturated rings. The molecule has 7 heteroatoms. The van der Waals surface area contributed by atoms with Gasteiger partial charge in [-0.25, -0.2) is 8.42 Å². The smallest absolute Gasteiger partial charge is 0.243 e. The summed E-state index contributed by atoms with van der Waals surface area (Å²) in [6.07, 6.45) is 3.29. The third-order valence-corrected chi connectivity index (χ3v) is 7.22. The van der Waals surface area contributed by atoms with Crippen LogP contribution < -0.4 is 10.1 Å². The van der Waals surface area contributed by atoms with E-state index in [0.717, 1.165) is 24.2 Å². The van der Waals surface area contributed by atoms with Gasteiger partial charge in [0.05, 0.1) is 12.0 Å². The Morgan fingerprint density at radius 1 is 1.10 bits per heavy atom. The van der Waals surface area contributed by atoms with E-state index < -0.39 is 10.0 Å². The van der Waals surface area contributed by atoms with Gasteiger partial charge in [-0.3, -0.25) is 4.79 Å². The van der Waals surface area contributed by atoms with E-state index in [-0.39, 0.29) is 23.3 Å². The van der Waals surface area contributed by atoms with Gasteiger partial charge in [0, 0.05) is 25.6 Å². The van der Waals surface area contributed by atoms with Crippen LogP contribution in [0.15, 0.2) is 59.5 Å². The van der Waals surface area contributed by atoms with Crippen LogP contribution in [-0.2, 0) is 21.2 Å². The predicted octanol–water partition coefficient (Wildman–Crippen LogP) is 2.99. The van der Waals surface area contributed by atoms with Crippen LogP contribution in [0.5, 0.6) is 5.75 Å². The fourth-order valence-electron chi connectivity index (χ4n) is 3.75. The Labute approximate surface area is 172 Å². The normalized spacial score (nSPS) is 17.6. The minimum Gasteiger partial charge on any atom is -0.496 e. The Kier molecular flexibility index (Phi) is 7.28. The van der Waals surface area contributed by atoms with Crippen molar-refractivity contribution in [3.8, 4) is 5.75 Å². The number of methoxy groups -OCH3 is 1. The van der Waals surface area contributed by atoms with Crippen molar-refractivity contribution in [3.05, 3.63) is 60.2 Å². The Hall–Kier alpha value is -2.38. The summed E-state index contributed by atoms with van der Waals surface area (Å²) in [5.41, 5.74) is 1.03. The summed E-state index contributed by atoms with van der Waals surface area (Å²) in [7, 11) is -1.97. The van der Waals surface area contributed by atoms with Gasteiger partial charge in [0.15, 0.2) is 0 Å². The minimum absolute atomic E-state index is 0.125. The van der Waals surface area contributed by atoms with Gasteiger partial charge in [-0.2, -0.15) is 4.31 Å². The van der Waals surface area contributed by atoms with Crippen LogP contribution in [0.25, 0.3) is 0 Å². The monoisotopic (exact) mass is 416 g/mol. The summed E-state index contributed by atoms with van der Waals surface area (Å²) >= 11 is 0. The molecule has 0 radical (unpaired) electrons. The highest BCUT2D eigenvalue weighted by Crippen LogP contribution is 2.27. The highest BCUT2D eigenvalue weighted by Gasteiger charge is 2.34. The van der Waals surface area contributed by atoms with Crippen LogP contribution in [0.3, 0.4) is 0 Å². The van der Waals surface area contributed by atoms with Crippen LogP contribution >= 0.6 is 0 Å². The van der Waals surface area contributed by atoms with Crippen molar-refractivity contribution in [1.29, 1.82) is 0 Å². The molecule has 2 aromatic carbocycles. The topological polar surface area (TPSA) is 75.7 Å². The first-order valence-corrected chi connectivity index (χ1v) is 11.4. The number of carbonyl (C=O) groups excluding carboxylic acids is 1. The van der Waals surface area contributed by atoms with E-state index in [4.69, 9.17) is 4.74 Å². The van der Waals surface area contributed by atoms with E-state index in [9.17, 15) is 13.2 Å². The summed E-state index contributed by atoms with van der Waals surface area (Å²) < 4.78 is 32.9. The second-order valence-electron chi connectivity index (χ2n) is 7.19. The first kappa shape index (κ1) is 21.3. The molecule has 1 aliphatic rings. The molecule has 0 saturated carbocycles. The molecule has 0 spiro atoms. The maximum absolute atomic E-state index is 13.0. The summed E-state index contributed by atoms with van der Waals surface area (Å²) in [4.78, 5) is 12.8. The standard InChI is InChI=1S/C22H28N2O4S/c1-28-21-13-6-5-9-18(21)14-15-23-22(25)17-19-10-7-8-16-24(19)29(26,27)20-11-3-2-4-12-20/h2-6,9,11-13,19H,7-8,10,14-17H2,1H3,(H,23,25). The SMILES string of the molecule is COc1ccccc1CCNC(=O)CC1CCCCN1S(=O)(=O)c1ccccc1. The quantitative estimate of drug-likeness (QED) is 0.718. The average Bonchev–Trinajstić information content (AvgIpc) is 2.75. The molecule has 2 aromatic rings. The molecule has 3 rings (SSSR count). The molecule has 0 bridgehead atoms. The number of piperidine rings is 1. The Morgan fingerprint density at radius 2 is 1.83 bits per heavy atom. The molecule has 0 aromatic heterocycles. The zero-order chi connectivity index (χ0) is 20.7. The maximum Gasteiger partial charge on any atom is 0.243 e. The van der Waals surface area contributed by atoms with Gasteiger partial charge in [-0.15, -0.1) is 0 Å². The van der Waals surface area contributed by atoms with Crippen molar-refractivity contribution in [1.82, 2.24) is 9.62 Å². The molecular weight excluding hydrogens is 388 g/mol. The van der Waals surface area contributed by atoms with Gasteiger partial charge in [-0.05, 0) is 43.0 Å². The van der Waals surface area contributed by atoms with Crippen molar-refractivity contribution >= 4 is 15.9 Å². The van der Waals surface area contributed by atoms with E-state index >= 15 is 0 Å². The number of ether oxygens (including phenoxy) is 1. The van der Waals surface area contributed by atoms with E-state index in [1.807, 2.05) is 24.3 Å². The van der Waals surface area contributed by atoms with Crippen LogP contribution in [0, 0.1) is 0 Å². The number of hydrogen-bond acceptors (Lipinski definition) is 4. The zero-order valence-corrected chi connectivity index (χ0v) is 17.5. The third kappa shape index (κ3) is 5.36. The van der Waals surface area contributed by atoms with Gasteiger partial charge in [0.1, 0.15) is 5.75 Å². The molecule has 1 atom stereocenters. The lowest BCUT2D eigenvalue weighted by Gasteiger charge is -2.34. The largest absolute Gasteiger partial charge is 0.496 e. The number of hydrogen-bond donors (Lipinski definition) is 1. The van der Waals surface area contributed by atoms with Crippen molar-refractivity contribution < 1.29 is 17.9 Å². The van der Waals surface area contributed by atoms with E-state index in [1.54, 1.807) is 37.4 Å². The lowest BCUT2D eigenvalue weighted by Crippen LogP contribution is -2.46. The number of sulfonamides is 1. The Morgan fingerprint density at radius 3 is 2.59 bits per heavy atom. The number of rotatable bonds is 8. The van der Waals surface area contributed by atoms with E-state index in [0.29, 0.717) is 25.9 Å². The second-order valence-corrected chi connectivity index (χ2v) is 9.08. The van der Waals surface area contributed by atoms with Crippen molar-refractivity contribution in [2.45, 2.75) is 43.0 Å². The lowest BCUT2D eigenvalue weighted by atomic mass is 10.0. The molecule has 1 unspecified atom stereocenters. The number of para-hydroxylation sites is 1. The highest BCUT2D eigenvalue weighted by molar-refractivity contribution is 7.89. The fourth-order valence-corrected chi connectivity index (χ4v) is 5.47. The molecule has 0 aliphatic carbocycles. The van der Waals surface area contributed by atoms with Gasteiger partial charge in [0.25, 0.3) is 0 Å². The Balaban J connectivity index is 1.59. The third-order valence-electron chi connectivity index (χ3n) is 5.25. The maximum atomic E-state index is 13.0. The molecule has 29 heavy (non-hydrogen) atoms. The average molecular weight is 417 g/mol. The van der Waals surface area contributed by atoms with Crippen molar-refractivity contribution in [3.63, 3.8) is 0 Å². The van der Waals surface area contributed by atoms with Crippen LogP contribution in [-0.4, -0.2) is 44.9 Å². The van der Waals surface area contributed by atoms with Gasteiger partial charge in [-0.1, -0.05) is 42.8 Å². The molecule has 156 valence electrons. The van der Waals surface area contributed by atoms with Gasteiger partial charge >= 0.3 is 0 Å². The molecule has 1 N–H and O–H groups in total. The second kappa shape index (κ2) is 9.89. The number of carbonyl (C=O) groups is 1. The van der Waals surface area contributed by atoms with Crippen LogP contribution in [0.4, 0.5) is 0 Å². The summed E-state index contributed by atoms with van der Waals surface area (Å²) in [5, 5.41) is 2.93. The van der Waals surface area contributed by atoms with Gasteiger partial charge < -0.3 is 10.1 Å². The summed E-state index contributed by atoms with van der Waals surface area (Å²) in [6.45, 7) is 0.938. The molecule has 1 saturated heterocycles. The number of nitrogens with zero attached hydrogens (tertiary/aromatic N) is 1. The summed E-state index contributed by atoms with van der Waals surface area (Å²) in [5.74, 6) is 0.675. The van der Waals surface area contributed by atoms with Crippen molar-refractivity contribution in [2.75, 3.05) is 20.2 Å². The Bertz CT molecular complexity index is 915. The predicted molar refractivity (Wildman–Crippen MR) is 112 cm³/mol. The van der Waals surface area contributed by atoms with E-state index in [1.165, 1.54) is 4.31 Å². The number of benzene rings is 2. The number of nitrogens with one attached hydrogen (secondary N) is 1. The molecular formula is C22H28N2O4S. The zero-order valence-electron chi connectivity index (χ0n) is 16.7. The molecule has 1 amide bonds. The summed E-state index contributed by atoms with van der Waals surface area (Å²) in [6, 6.07) is 15.9.